The van der Waals surface area contributed by atoms with Crippen molar-refractivity contribution < 1.29 is 16.8 Å². The molecule has 8 heteroatoms. The molecule has 0 spiro atoms. The minimum absolute atomic E-state index is 0.0394. The maximum Gasteiger partial charge on any atom is 0.217 e. The van der Waals surface area contributed by atoms with Crippen molar-refractivity contribution in [2.45, 2.75) is 57.2 Å². The van der Waals surface area contributed by atoms with E-state index in [2.05, 4.69) is 0 Å². The van der Waals surface area contributed by atoms with Gasteiger partial charge < -0.3 is 5.73 Å². The van der Waals surface area contributed by atoms with Crippen LogP contribution in [0.15, 0.2) is 0 Å². The van der Waals surface area contributed by atoms with E-state index in [-0.39, 0.29) is 30.9 Å². The third-order valence-electron chi connectivity index (χ3n) is 4.46. The summed E-state index contributed by atoms with van der Waals surface area (Å²) in [4.78, 5) is 0. The van der Waals surface area contributed by atoms with Crippen molar-refractivity contribution in [2.24, 2.45) is 5.73 Å². The summed E-state index contributed by atoms with van der Waals surface area (Å²) in [5.41, 5.74) is 5.21. The van der Waals surface area contributed by atoms with Crippen LogP contribution in [-0.4, -0.2) is 56.5 Å². The van der Waals surface area contributed by atoms with Crippen LogP contribution in [0.1, 0.15) is 46.5 Å². The maximum atomic E-state index is 12.9. The standard InChI is InChI=1S/C13H28N2O4S2/c1-4-8-15(13(3,5-2)11-14)21(18,19)12-6-9-20(16,17)10-7-12/h12H,4-11,14H2,1-3H3. The van der Waals surface area contributed by atoms with Gasteiger partial charge in [-0.25, -0.2) is 16.8 Å². The summed E-state index contributed by atoms with van der Waals surface area (Å²) in [5, 5.41) is -0.606. The van der Waals surface area contributed by atoms with Gasteiger partial charge in [0.2, 0.25) is 10.0 Å². The Hall–Kier alpha value is -0.180. The second-order valence-electron chi connectivity index (χ2n) is 6.02. The molecule has 1 aliphatic heterocycles. The zero-order valence-electron chi connectivity index (χ0n) is 13.2. The first-order chi connectivity index (χ1) is 9.63. The Labute approximate surface area is 129 Å². The van der Waals surface area contributed by atoms with Crippen LogP contribution in [0, 0.1) is 0 Å². The van der Waals surface area contributed by atoms with Gasteiger partial charge >= 0.3 is 0 Å². The van der Waals surface area contributed by atoms with Gasteiger partial charge in [0.05, 0.1) is 16.8 Å². The predicted octanol–water partition coefficient (Wildman–Crippen LogP) is 0.733. The van der Waals surface area contributed by atoms with E-state index in [1.807, 2.05) is 20.8 Å². The molecule has 1 rings (SSSR count). The second-order valence-corrected chi connectivity index (χ2v) is 10.5. The molecule has 6 nitrogen and oxygen atoms in total. The molecule has 1 unspecified atom stereocenters. The van der Waals surface area contributed by atoms with Crippen LogP contribution in [0.2, 0.25) is 0 Å². The lowest BCUT2D eigenvalue weighted by molar-refractivity contribution is 0.203. The van der Waals surface area contributed by atoms with Gasteiger partial charge in [0.1, 0.15) is 9.84 Å². The second kappa shape index (κ2) is 6.93. The Morgan fingerprint density at radius 1 is 1.24 bits per heavy atom. The van der Waals surface area contributed by atoms with Gasteiger partial charge in [-0.15, -0.1) is 0 Å². The Morgan fingerprint density at radius 2 is 1.76 bits per heavy atom. The van der Waals surface area contributed by atoms with Crippen LogP contribution in [0.3, 0.4) is 0 Å². The molecule has 126 valence electrons. The van der Waals surface area contributed by atoms with Crippen molar-refractivity contribution in [3.05, 3.63) is 0 Å². The lowest BCUT2D eigenvalue weighted by Gasteiger charge is -2.41. The molecule has 0 bridgehead atoms. The summed E-state index contributed by atoms with van der Waals surface area (Å²) in [6.45, 7) is 6.40. The first-order valence-electron chi connectivity index (χ1n) is 7.55. The Balaban J connectivity index is 3.06. The number of nitrogens with two attached hydrogens (primary N) is 1. The van der Waals surface area contributed by atoms with Crippen LogP contribution in [0.25, 0.3) is 0 Å². The van der Waals surface area contributed by atoms with E-state index < -0.39 is 30.6 Å². The highest BCUT2D eigenvalue weighted by molar-refractivity contribution is 7.92. The molecule has 21 heavy (non-hydrogen) atoms. The Bertz CT molecular complexity index is 525. The molecule has 0 aromatic rings. The monoisotopic (exact) mass is 340 g/mol. The van der Waals surface area contributed by atoms with Gasteiger partial charge in [0, 0.05) is 18.6 Å². The fourth-order valence-corrected chi connectivity index (χ4v) is 6.91. The van der Waals surface area contributed by atoms with Gasteiger partial charge in [-0.1, -0.05) is 13.8 Å². The van der Waals surface area contributed by atoms with Crippen molar-refractivity contribution in [1.82, 2.24) is 4.31 Å². The van der Waals surface area contributed by atoms with Gasteiger partial charge in [-0.05, 0) is 32.6 Å². The molecule has 0 amide bonds. The van der Waals surface area contributed by atoms with E-state index in [9.17, 15) is 16.8 Å². The molecule has 0 saturated carbocycles. The van der Waals surface area contributed by atoms with Crippen molar-refractivity contribution in [2.75, 3.05) is 24.6 Å². The lowest BCUT2D eigenvalue weighted by atomic mass is 9.99. The normalized spacial score (nSPS) is 23.1. The summed E-state index contributed by atoms with van der Waals surface area (Å²) in [6, 6.07) is 0. The quantitative estimate of drug-likeness (QED) is 0.737. The number of nitrogens with zero attached hydrogens (tertiary/aromatic N) is 1. The van der Waals surface area contributed by atoms with E-state index in [1.54, 1.807) is 0 Å². The fraction of sp³-hybridized carbons (Fsp3) is 1.00. The van der Waals surface area contributed by atoms with E-state index in [0.717, 1.165) is 0 Å². The lowest BCUT2D eigenvalue weighted by Crippen LogP contribution is -2.57. The van der Waals surface area contributed by atoms with Crippen molar-refractivity contribution in [3.63, 3.8) is 0 Å². The third-order valence-corrected chi connectivity index (χ3v) is 8.73. The molecule has 1 aliphatic rings. The van der Waals surface area contributed by atoms with Crippen molar-refractivity contribution in [1.29, 1.82) is 0 Å². The number of hydrogen-bond donors (Lipinski definition) is 1. The maximum absolute atomic E-state index is 12.9. The molecular formula is C13H28N2O4S2. The SMILES string of the molecule is CCCN(C(C)(CC)CN)S(=O)(=O)C1CCS(=O)(=O)CC1. The number of rotatable bonds is 7. The van der Waals surface area contributed by atoms with Crippen LogP contribution in [0.5, 0.6) is 0 Å². The fourth-order valence-electron chi connectivity index (χ4n) is 2.68. The number of hydrogen-bond acceptors (Lipinski definition) is 5. The molecule has 1 heterocycles. The summed E-state index contributed by atoms with van der Waals surface area (Å²) >= 11 is 0. The first kappa shape index (κ1) is 18.9. The van der Waals surface area contributed by atoms with Gasteiger partial charge in [0.25, 0.3) is 0 Å². The minimum atomic E-state index is -3.53. The van der Waals surface area contributed by atoms with E-state index in [1.165, 1.54) is 4.31 Å². The topological polar surface area (TPSA) is 97.5 Å². The molecule has 1 atom stereocenters. The summed E-state index contributed by atoms with van der Waals surface area (Å²) < 4.78 is 50.4. The largest absolute Gasteiger partial charge is 0.329 e. The van der Waals surface area contributed by atoms with E-state index >= 15 is 0 Å². The number of sulfone groups is 1. The molecular weight excluding hydrogens is 312 g/mol. The molecule has 0 radical (unpaired) electrons. The summed E-state index contributed by atoms with van der Waals surface area (Å²) in [6.07, 6.45) is 1.72. The highest BCUT2D eigenvalue weighted by Crippen LogP contribution is 2.29. The molecule has 2 N–H and O–H groups in total. The van der Waals surface area contributed by atoms with E-state index in [0.29, 0.717) is 19.4 Å². The van der Waals surface area contributed by atoms with Crippen molar-refractivity contribution >= 4 is 19.9 Å². The zero-order chi connectivity index (χ0) is 16.3. The molecule has 0 aromatic carbocycles. The average molecular weight is 341 g/mol. The van der Waals surface area contributed by atoms with Gasteiger partial charge in [-0.3, -0.25) is 0 Å². The van der Waals surface area contributed by atoms with E-state index in [4.69, 9.17) is 5.73 Å². The highest BCUT2D eigenvalue weighted by Gasteiger charge is 2.43. The average Bonchev–Trinajstić information content (AvgIpc) is 2.43. The highest BCUT2D eigenvalue weighted by atomic mass is 32.2. The van der Waals surface area contributed by atoms with Crippen LogP contribution < -0.4 is 5.73 Å². The van der Waals surface area contributed by atoms with Crippen LogP contribution in [-0.2, 0) is 19.9 Å². The Morgan fingerprint density at radius 3 is 2.14 bits per heavy atom. The van der Waals surface area contributed by atoms with Crippen LogP contribution >= 0.6 is 0 Å². The Kier molecular flexibility index (Phi) is 6.23. The number of sulfonamides is 1. The predicted molar refractivity (Wildman–Crippen MR) is 85.3 cm³/mol. The molecule has 0 aromatic heterocycles. The van der Waals surface area contributed by atoms with Crippen molar-refractivity contribution in [3.8, 4) is 0 Å². The first-order valence-corrected chi connectivity index (χ1v) is 10.9. The molecule has 1 saturated heterocycles. The molecule has 0 aliphatic carbocycles. The van der Waals surface area contributed by atoms with Crippen LogP contribution in [0.4, 0.5) is 0 Å². The summed E-state index contributed by atoms with van der Waals surface area (Å²) in [7, 11) is -6.60. The zero-order valence-corrected chi connectivity index (χ0v) is 14.8. The third kappa shape index (κ3) is 4.18. The van der Waals surface area contributed by atoms with Gasteiger partial charge in [-0.2, -0.15) is 4.31 Å². The summed E-state index contributed by atoms with van der Waals surface area (Å²) in [5.74, 6) is -0.0787. The van der Waals surface area contributed by atoms with Gasteiger partial charge in [0.15, 0.2) is 0 Å². The molecule has 1 fully saturated rings. The smallest absolute Gasteiger partial charge is 0.217 e. The minimum Gasteiger partial charge on any atom is -0.329 e.